The van der Waals surface area contributed by atoms with Gasteiger partial charge >= 0.3 is 5.76 Å². The van der Waals surface area contributed by atoms with Crippen LogP contribution in [0.3, 0.4) is 0 Å². The van der Waals surface area contributed by atoms with E-state index in [1.165, 1.54) is 0 Å². The van der Waals surface area contributed by atoms with Crippen molar-refractivity contribution in [1.82, 2.24) is 14.4 Å². The molecule has 2 fully saturated rings. The molecule has 2 aromatic rings. The number of benzene rings is 1. The molecule has 146 valence electrons. The van der Waals surface area contributed by atoms with Crippen molar-refractivity contribution in [3.05, 3.63) is 34.8 Å². The van der Waals surface area contributed by atoms with Crippen LogP contribution in [0.25, 0.3) is 11.1 Å². The number of ether oxygens (including phenoxy) is 1. The molecule has 3 heterocycles. The van der Waals surface area contributed by atoms with Gasteiger partial charge in [0, 0.05) is 32.1 Å². The summed E-state index contributed by atoms with van der Waals surface area (Å²) in [6.07, 6.45) is 1.84. The van der Waals surface area contributed by atoms with E-state index in [0.717, 1.165) is 31.4 Å². The van der Waals surface area contributed by atoms with E-state index in [1.54, 1.807) is 4.57 Å². The molecule has 2 atom stereocenters. The van der Waals surface area contributed by atoms with Crippen molar-refractivity contribution in [3.63, 3.8) is 0 Å². The molecule has 0 N–H and O–H groups in total. The van der Waals surface area contributed by atoms with Crippen LogP contribution < -0.4 is 5.76 Å². The summed E-state index contributed by atoms with van der Waals surface area (Å²) in [5.41, 5.74) is 1.43. The molecule has 7 heteroatoms. The molecule has 0 bridgehead atoms. The zero-order valence-electron chi connectivity index (χ0n) is 16.0. The molecule has 0 radical (unpaired) electrons. The van der Waals surface area contributed by atoms with Crippen LogP contribution in [-0.4, -0.2) is 58.7 Å². The Hall–Kier alpha value is -2.12. The highest BCUT2D eigenvalue weighted by molar-refractivity contribution is 5.79. The lowest BCUT2D eigenvalue weighted by molar-refractivity contribution is -0.149. The van der Waals surface area contributed by atoms with Gasteiger partial charge in [-0.1, -0.05) is 12.1 Å². The fourth-order valence-electron chi connectivity index (χ4n) is 4.29. The van der Waals surface area contributed by atoms with Gasteiger partial charge in [0.25, 0.3) is 0 Å². The summed E-state index contributed by atoms with van der Waals surface area (Å²) >= 11 is 0. The topological polar surface area (TPSA) is 67.9 Å². The quantitative estimate of drug-likeness (QED) is 0.822. The number of nitrogens with zero attached hydrogens (tertiary/aromatic N) is 3. The molecule has 0 aliphatic carbocycles. The summed E-state index contributed by atoms with van der Waals surface area (Å²) in [6.45, 7) is 7.51. The Balaban J connectivity index is 1.37. The van der Waals surface area contributed by atoms with Gasteiger partial charge in [-0.3, -0.25) is 14.3 Å². The molecule has 2 aliphatic heterocycles. The summed E-state index contributed by atoms with van der Waals surface area (Å²) in [6, 6.07) is 7.48. The van der Waals surface area contributed by atoms with Gasteiger partial charge in [-0.2, -0.15) is 0 Å². The Kier molecular flexibility index (Phi) is 5.06. The number of piperidine rings is 1. The lowest BCUT2D eigenvalue weighted by Crippen LogP contribution is -2.51. The molecule has 4 rings (SSSR count). The Morgan fingerprint density at radius 2 is 1.78 bits per heavy atom. The van der Waals surface area contributed by atoms with Gasteiger partial charge in [-0.15, -0.1) is 0 Å². The maximum Gasteiger partial charge on any atom is 0.421 e. The van der Waals surface area contributed by atoms with Crippen molar-refractivity contribution in [2.45, 2.75) is 45.6 Å². The lowest BCUT2D eigenvalue weighted by atomic mass is 9.95. The van der Waals surface area contributed by atoms with Crippen LogP contribution in [0.1, 0.15) is 26.7 Å². The molecule has 0 spiro atoms. The maximum atomic E-state index is 12.9. The van der Waals surface area contributed by atoms with Crippen molar-refractivity contribution < 1.29 is 13.9 Å². The third-order valence-electron chi connectivity index (χ3n) is 5.58. The highest BCUT2D eigenvalue weighted by Gasteiger charge is 2.32. The molecule has 2 aliphatic rings. The summed E-state index contributed by atoms with van der Waals surface area (Å²) in [5, 5.41) is 0. The minimum atomic E-state index is -0.328. The third kappa shape index (κ3) is 3.80. The highest BCUT2D eigenvalue weighted by Crippen LogP contribution is 2.23. The van der Waals surface area contributed by atoms with Gasteiger partial charge in [-0.25, -0.2) is 4.79 Å². The first-order valence-electron chi connectivity index (χ1n) is 9.76. The fourth-order valence-corrected chi connectivity index (χ4v) is 4.29. The number of rotatable bonds is 3. The van der Waals surface area contributed by atoms with E-state index in [0.29, 0.717) is 25.3 Å². The minimum Gasteiger partial charge on any atom is -0.408 e. The number of amides is 1. The minimum absolute atomic E-state index is 0.0663. The molecular formula is C20H27N3O4. The van der Waals surface area contributed by atoms with Crippen LogP contribution in [0.2, 0.25) is 0 Å². The molecule has 2 saturated heterocycles. The van der Waals surface area contributed by atoms with Gasteiger partial charge in [0.05, 0.1) is 24.4 Å². The molecule has 27 heavy (non-hydrogen) atoms. The molecular weight excluding hydrogens is 346 g/mol. The largest absolute Gasteiger partial charge is 0.421 e. The Bertz CT molecular complexity index is 855. The summed E-state index contributed by atoms with van der Waals surface area (Å²) in [7, 11) is 0. The number of morpholine rings is 1. The molecule has 1 aromatic heterocycles. The van der Waals surface area contributed by atoms with Crippen molar-refractivity contribution in [2.24, 2.45) is 5.92 Å². The Morgan fingerprint density at radius 3 is 2.48 bits per heavy atom. The SMILES string of the molecule is C[C@H]1CN(C(=O)C2CCN(Cn3c(=O)oc4ccccc43)CC2)C[C@H](C)O1. The van der Waals surface area contributed by atoms with E-state index in [1.807, 2.05) is 43.0 Å². The molecule has 0 saturated carbocycles. The number of para-hydroxylation sites is 2. The molecule has 1 aromatic carbocycles. The summed E-state index contributed by atoms with van der Waals surface area (Å²) in [5.74, 6) is -0.00941. The Labute approximate surface area is 158 Å². The van der Waals surface area contributed by atoms with E-state index >= 15 is 0 Å². The van der Waals surface area contributed by atoms with E-state index in [2.05, 4.69) is 4.90 Å². The van der Waals surface area contributed by atoms with E-state index in [-0.39, 0.29) is 29.8 Å². The predicted molar refractivity (Wildman–Crippen MR) is 101 cm³/mol. The number of likely N-dealkylation sites (tertiary alicyclic amines) is 1. The van der Waals surface area contributed by atoms with Gasteiger partial charge in [-0.05, 0) is 38.8 Å². The summed E-state index contributed by atoms with van der Waals surface area (Å²) in [4.78, 5) is 29.2. The number of fused-ring (bicyclic) bond motifs is 1. The number of carbonyl (C=O) groups is 1. The van der Waals surface area contributed by atoms with Crippen LogP contribution in [0.5, 0.6) is 0 Å². The van der Waals surface area contributed by atoms with E-state index in [4.69, 9.17) is 9.15 Å². The molecule has 7 nitrogen and oxygen atoms in total. The van der Waals surface area contributed by atoms with Crippen LogP contribution in [0, 0.1) is 5.92 Å². The van der Waals surface area contributed by atoms with Crippen molar-refractivity contribution in [3.8, 4) is 0 Å². The number of hydrogen-bond donors (Lipinski definition) is 0. The predicted octanol–water partition coefficient (Wildman–Crippen LogP) is 1.90. The van der Waals surface area contributed by atoms with Gasteiger partial charge in [0.15, 0.2) is 5.58 Å². The maximum absolute atomic E-state index is 12.9. The normalized spacial score (nSPS) is 25.2. The average Bonchev–Trinajstić information content (AvgIpc) is 2.96. The molecule has 1 amide bonds. The second-order valence-corrected chi connectivity index (χ2v) is 7.80. The van der Waals surface area contributed by atoms with Crippen molar-refractivity contribution in [1.29, 1.82) is 0 Å². The standard InChI is InChI=1S/C20H27N3O4/c1-14-11-22(12-15(2)26-14)19(24)16-7-9-21(10-8-16)13-23-17-5-3-4-6-18(17)27-20(23)25/h3-6,14-16H,7-13H2,1-2H3/t14-,15-/m0/s1. The Morgan fingerprint density at radius 1 is 1.11 bits per heavy atom. The van der Waals surface area contributed by atoms with Crippen molar-refractivity contribution in [2.75, 3.05) is 26.2 Å². The first-order valence-corrected chi connectivity index (χ1v) is 9.76. The second kappa shape index (κ2) is 7.48. The first-order chi connectivity index (χ1) is 13.0. The zero-order valence-corrected chi connectivity index (χ0v) is 16.0. The monoisotopic (exact) mass is 373 g/mol. The number of carbonyl (C=O) groups excluding carboxylic acids is 1. The number of aromatic nitrogens is 1. The molecule has 0 unspecified atom stereocenters. The zero-order chi connectivity index (χ0) is 19.0. The van der Waals surface area contributed by atoms with E-state index in [9.17, 15) is 9.59 Å². The lowest BCUT2D eigenvalue weighted by Gasteiger charge is -2.39. The van der Waals surface area contributed by atoms with Crippen LogP contribution >= 0.6 is 0 Å². The number of oxazole rings is 1. The van der Waals surface area contributed by atoms with Gasteiger partial charge < -0.3 is 14.1 Å². The van der Waals surface area contributed by atoms with Crippen LogP contribution in [-0.2, 0) is 16.2 Å². The smallest absolute Gasteiger partial charge is 0.408 e. The first kappa shape index (κ1) is 18.3. The van der Waals surface area contributed by atoms with Gasteiger partial charge in [0.2, 0.25) is 5.91 Å². The van der Waals surface area contributed by atoms with Gasteiger partial charge in [0.1, 0.15) is 0 Å². The number of hydrogen-bond acceptors (Lipinski definition) is 5. The van der Waals surface area contributed by atoms with Crippen LogP contribution in [0.15, 0.2) is 33.5 Å². The third-order valence-corrected chi connectivity index (χ3v) is 5.58. The van der Waals surface area contributed by atoms with Crippen molar-refractivity contribution >= 4 is 17.0 Å². The second-order valence-electron chi connectivity index (χ2n) is 7.80. The highest BCUT2D eigenvalue weighted by atomic mass is 16.5. The average molecular weight is 373 g/mol. The van der Waals surface area contributed by atoms with E-state index < -0.39 is 0 Å². The fraction of sp³-hybridized carbons (Fsp3) is 0.600. The summed E-state index contributed by atoms with van der Waals surface area (Å²) < 4.78 is 12.7. The van der Waals surface area contributed by atoms with Crippen LogP contribution in [0.4, 0.5) is 0 Å².